The summed E-state index contributed by atoms with van der Waals surface area (Å²) in [6.45, 7) is 4.59. The molecule has 0 amide bonds. The average molecular weight is 391 g/mol. The standard InChI is InChI=1S/C24H19ClO3/c1-15-3-4-16(2)19(11-15)14-27-21-10-7-18-12-22(24(26)28-23(18)13-21)17-5-8-20(25)9-6-17/h3-13H,14H2,1-2H3. The number of hydrogen-bond donors (Lipinski definition) is 0. The van der Waals surface area contributed by atoms with Gasteiger partial charge in [0.2, 0.25) is 0 Å². The number of hydrogen-bond acceptors (Lipinski definition) is 3. The maximum atomic E-state index is 12.5. The fourth-order valence-electron chi connectivity index (χ4n) is 3.13. The van der Waals surface area contributed by atoms with Crippen LogP contribution in [0.4, 0.5) is 0 Å². The lowest BCUT2D eigenvalue weighted by atomic mass is 10.1. The van der Waals surface area contributed by atoms with Gasteiger partial charge in [-0.2, -0.15) is 0 Å². The lowest BCUT2D eigenvalue weighted by molar-refractivity contribution is 0.305. The van der Waals surface area contributed by atoms with E-state index in [1.165, 1.54) is 11.1 Å². The van der Waals surface area contributed by atoms with Crippen LogP contribution in [0.25, 0.3) is 22.1 Å². The van der Waals surface area contributed by atoms with Gasteiger partial charge in [0, 0.05) is 16.5 Å². The third-order valence-corrected chi connectivity index (χ3v) is 5.01. The van der Waals surface area contributed by atoms with Crippen molar-refractivity contribution in [2.24, 2.45) is 0 Å². The number of rotatable bonds is 4. The van der Waals surface area contributed by atoms with Gasteiger partial charge in [0.25, 0.3) is 0 Å². The summed E-state index contributed by atoms with van der Waals surface area (Å²) in [5.74, 6) is 0.663. The molecule has 0 fully saturated rings. The molecule has 4 aromatic rings. The molecule has 0 aliphatic carbocycles. The molecule has 0 saturated heterocycles. The Hall–Kier alpha value is -3.04. The lowest BCUT2D eigenvalue weighted by Gasteiger charge is -2.10. The van der Waals surface area contributed by atoms with Gasteiger partial charge < -0.3 is 9.15 Å². The third kappa shape index (κ3) is 3.80. The Kier molecular flexibility index (Phi) is 4.93. The maximum absolute atomic E-state index is 12.5. The van der Waals surface area contributed by atoms with Crippen LogP contribution in [0.3, 0.4) is 0 Å². The highest BCUT2D eigenvalue weighted by Crippen LogP contribution is 2.26. The Bertz CT molecular complexity index is 1210. The topological polar surface area (TPSA) is 39.4 Å². The predicted octanol–water partition coefficient (Wildman–Crippen LogP) is 6.31. The minimum Gasteiger partial charge on any atom is -0.489 e. The fourth-order valence-corrected chi connectivity index (χ4v) is 3.25. The first-order valence-corrected chi connectivity index (χ1v) is 9.40. The van der Waals surface area contributed by atoms with E-state index in [9.17, 15) is 4.79 Å². The van der Waals surface area contributed by atoms with E-state index in [1.807, 2.05) is 30.3 Å². The largest absolute Gasteiger partial charge is 0.489 e. The Morgan fingerprint density at radius 1 is 0.929 bits per heavy atom. The summed E-state index contributed by atoms with van der Waals surface area (Å²) < 4.78 is 11.5. The zero-order chi connectivity index (χ0) is 19.7. The van der Waals surface area contributed by atoms with E-state index < -0.39 is 0 Å². The van der Waals surface area contributed by atoms with E-state index in [1.54, 1.807) is 18.2 Å². The van der Waals surface area contributed by atoms with Crippen LogP contribution in [-0.2, 0) is 6.61 Å². The van der Waals surface area contributed by atoms with Gasteiger partial charge in [0.15, 0.2) is 0 Å². The van der Waals surface area contributed by atoms with Crippen molar-refractivity contribution in [3.05, 3.63) is 98.9 Å². The van der Waals surface area contributed by atoms with Gasteiger partial charge in [-0.1, -0.05) is 47.5 Å². The molecule has 4 rings (SSSR count). The minimum absolute atomic E-state index is 0.387. The SMILES string of the molecule is Cc1ccc(C)c(COc2ccc3cc(-c4ccc(Cl)cc4)c(=O)oc3c2)c1. The molecule has 0 N–H and O–H groups in total. The number of ether oxygens (including phenoxy) is 1. The number of aryl methyl sites for hydroxylation is 2. The van der Waals surface area contributed by atoms with Crippen molar-refractivity contribution in [3.63, 3.8) is 0 Å². The van der Waals surface area contributed by atoms with Gasteiger partial charge in [0.05, 0.1) is 5.56 Å². The molecule has 0 saturated carbocycles. The summed E-state index contributed by atoms with van der Waals surface area (Å²) in [7, 11) is 0. The van der Waals surface area contributed by atoms with Crippen LogP contribution in [0.2, 0.25) is 5.02 Å². The molecule has 1 aromatic heterocycles. The maximum Gasteiger partial charge on any atom is 0.344 e. The molecule has 28 heavy (non-hydrogen) atoms. The normalized spacial score (nSPS) is 11.0. The second kappa shape index (κ2) is 7.53. The van der Waals surface area contributed by atoms with Crippen molar-refractivity contribution in [3.8, 4) is 16.9 Å². The second-order valence-corrected chi connectivity index (χ2v) is 7.31. The van der Waals surface area contributed by atoms with Crippen LogP contribution in [0, 0.1) is 13.8 Å². The van der Waals surface area contributed by atoms with Crippen molar-refractivity contribution in [2.75, 3.05) is 0 Å². The zero-order valence-corrected chi connectivity index (χ0v) is 16.4. The Labute approximate surface area is 168 Å². The van der Waals surface area contributed by atoms with Gasteiger partial charge >= 0.3 is 5.63 Å². The van der Waals surface area contributed by atoms with Crippen LogP contribution in [0.1, 0.15) is 16.7 Å². The quantitative estimate of drug-likeness (QED) is 0.383. The van der Waals surface area contributed by atoms with E-state index in [2.05, 4.69) is 32.0 Å². The molecule has 0 aliphatic rings. The van der Waals surface area contributed by atoms with Crippen LogP contribution in [0.15, 0.2) is 75.9 Å². The predicted molar refractivity (Wildman–Crippen MR) is 113 cm³/mol. The summed E-state index contributed by atoms with van der Waals surface area (Å²) in [6.07, 6.45) is 0. The summed E-state index contributed by atoms with van der Waals surface area (Å²) in [4.78, 5) is 12.5. The van der Waals surface area contributed by atoms with Gasteiger partial charge in [-0.25, -0.2) is 4.79 Å². The van der Waals surface area contributed by atoms with Crippen LogP contribution in [0.5, 0.6) is 5.75 Å². The smallest absolute Gasteiger partial charge is 0.344 e. The summed E-state index contributed by atoms with van der Waals surface area (Å²) in [5.41, 5.74) is 4.92. The Morgan fingerprint density at radius 3 is 2.50 bits per heavy atom. The van der Waals surface area contributed by atoms with E-state index in [0.29, 0.717) is 28.5 Å². The molecular formula is C24H19ClO3. The first kappa shape index (κ1) is 18.3. The van der Waals surface area contributed by atoms with Crippen LogP contribution < -0.4 is 10.4 Å². The average Bonchev–Trinajstić information content (AvgIpc) is 2.69. The van der Waals surface area contributed by atoms with Crippen molar-refractivity contribution >= 4 is 22.6 Å². The first-order chi connectivity index (χ1) is 13.5. The number of halogens is 1. The first-order valence-electron chi connectivity index (χ1n) is 9.02. The summed E-state index contributed by atoms with van der Waals surface area (Å²) >= 11 is 5.93. The highest BCUT2D eigenvalue weighted by atomic mass is 35.5. The van der Waals surface area contributed by atoms with Gasteiger partial charge in [0.1, 0.15) is 17.9 Å². The molecule has 0 unspecified atom stereocenters. The Morgan fingerprint density at radius 2 is 1.71 bits per heavy atom. The minimum atomic E-state index is -0.387. The van der Waals surface area contributed by atoms with Crippen molar-refractivity contribution in [1.82, 2.24) is 0 Å². The van der Waals surface area contributed by atoms with E-state index in [-0.39, 0.29) is 5.63 Å². The Balaban J connectivity index is 1.62. The van der Waals surface area contributed by atoms with Gasteiger partial charge in [-0.15, -0.1) is 0 Å². The molecule has 3 nitrogen and oxygen atoms in total. The number of fused-ring (bicyclic) bond motifs is 1. The molecule has 1 heterocycles. The molecule has 0 radical (unpaired) electrons. The second-order valence-electron chi connectivity index (χ2n) is 6.87. The zero-order valence-electron chi connectivity index (χ0n) is 15.7. The molecule has 0 spiro atoms. The molecule has 3 aromatic carbocycles. The van der Waals surface area contributed by atoms with Crippen LogP contribution in [-0.4, -0.2) is 0 Å². The highest BCUT2D eigenvalue weighted by molar-refractivity contribution is 6.30. The molecule has 0 bridgehead atoms. The lowest BCUT2D eigenvalue weighted by Crippen LogP contribution is -2.03. The van der Waals surface area contributed by atoms with Crippen molar-refractivity contribution in [2.45, 2.75) is 20.5 Å². The molecular weight excluding hydrogens is 372 g/mol. The molecule has 0 aliphatic heterocycles. The molecule has 140 valence electrons. The van der Waals surface area contributed by atoms with E-state index in [0.717, 1.165) is 16.5 Å². The third-order valence-electron chi connectivity index (χ3n) is 4.76. The van der Waals surface area contributed by atoms with Crippen molar-refractivity contribution in [1.29, 1.82) is 0 Å². The van der Waals surface area contributed by atoms with E-state index in [4.69, 9.17) is 20.8 Å². The summed E-state index contributed by atoms with van der Waals surface area (Å²) in [5, 5.41) is 1.46. The van der Waals surface area contributed by atoms with Crippen LogP contribution >= 0.6 is 11.6 Å². The van der Waals surface area contributed by atoms with Gasteiger partial charge in [-0.3, -0.25) is 0 Å². The highest BCUT2D eigenvalue weighted by Gasteiger charge is 2.09. The van der Waals surface area contributed by atoms with E-state index >= 15 is 0 Å². The van der Waals surface area contributed by atoms with Crippen molar-refractivity contribution < 1.29 is 9.15 Å². The monoisotopic (exact) mass is 390 g/mol. The molecule has 4 heteroatoms. The fraction of sp³-hybridized carbons (Fsp3) is 0.125. The summed E-state index contributed by atoms with van der Waals surface area (Å²) in [6, 6.07) is 20.8. The van der Waals surface area contributed by atoms with Gasteiger partial charge in [-0.05, 0) is 60.9 Å². The molecule has 0 atom stereocenters. The number of benzene rings is 3.